The minimum Gasteiger partial charge on any atom is -0.335 e. The zero-order valence-electron chi connectivity index (χ0n) is 9.43. The number of carbonyl (C=O) groups is 1. The van der Waals surface area contributed by atoms with Crippen molar-refractivity contribution in [2.45, 2.75) is 26.8 Å². The first-order valence-corrected chi connectivity index (χ1v) is 6.22. The van der Waals surface area contributed by atoms with Gasteiger partial charge in [-0.15, -0.1) is 0 Å². The molecule has 0 radical (unpaired) electrons. The van der Waals surface area contributed by atoms with Crippen LogP contribution in [0.15, 0.2) is 23.2 Å². The number of rotatable bonds is 4. The summed E-state index contributed by atoms with van der Waals surface area (Å²) in [6.07, 6.45) is 4.04. The fourth-order valence-corrected chi connectivity index (χ4v) is 2.53. The molecule has 0 spiro atoms. The van der Waals surface area contributed by atoms with Crippen LogP contribution >= 0.6 is 11.3 Å². The molecule has 0 amide bonds. The van der Waals surface area contributed by atoms with Crippen molar-refractivity contribution in [2.24, 2.45) is 0 Å². The first-order chi connectivity index (χ1) is 7.72. The minimum atomic E-state index is 0.152. The number of aryl methyl sites for hydroxylation is 2. The van der Waals surface area contributed by atoms with Gasteiger partial charge in [0.25, 0.3) is 0 Å². The lowest BCUT2D eigenvalue weighted by Crippen LogP contribution is -2.09. The van der Waals surface area contributed by atoms with Crippen molar-refractivity contribution < 1.29 is 4.79 Å². The zero-order valence-corrected chi connectivity index (χ0v) is 10.3. The molecule has 2 aromatic heterocycles. The van der Waals surface area contributed by atoms with E-state index < -0.39 is 0 Å². The topological polar surface area (TPSA) is 34.9 Å². The number of imidazole rings is 1. The van der Waals surface area contributed by atoms with E-state index in [2.05, 4.69) is 4.98 Å². The summed E-state index contributed by atoms with van der Waals surface area (Å²) in [6.45, 7) is 4.87. The lowest BCUT2D eigenvalue weighted by Gasteiger charge is -2.03. The third-order valence-corrected chi connectivity index (χ3v) is 3.48. The highest BCUT2D eigenvalue weighted by molar-refractivity contribution is 7.08. The van der Waals surface area contributed by atoms with Gasteiger partial charge in [0.1, 0.15) is 5.82 Å². The molecule has 0 N–H and O–H groups in total. The molecule has 0 atom stereocenters. The minimum absolute atomic E-state index is 0.152. The summed E-state index contributed by atoms with van der Waals surface area (Å²) >= 11 is 1.57. The molecule has 84 valence electrons. The Morgan fingerprint density at radius 3 is 2.94 bits per heavy atom. The lowest BCUT2D eigenvalue weighted by atomic mass is 10.1. The van der Waals surface area contributed by atoms with Crippen LogP contribution in [0.25, 0.3) is 0 Å². The van der Waals surface area contributed by atoms with Gasteiger partial charge in [0, 0.05) is 29.9 Å². The van der Waals surface area contributed by atoms with Crippen molar-refractivity contribution in [3.05, 3.63) is 40.1 Å². The third kappa shape index (κ3) is 2.07. The Morgan fingerprint density at radius 2 is 2.31 bits per heavy atom. The molecule has 2 rings (SSSR count). The average molecular weight is 234 g/mol. The first-order valence-electron chi connectivity index (χ1n) is 5.28. The van der Waals surface area contributed by atoms with Crippen LogP contribution in [0, 0.1) is 6.92 Å². The van der Waals surface area contributed by atoms with E-state index >= 15 is 0 Å². The maximum absolute atomic E-state index is 12.0. The second-order valence-electron chi connectivity index (χ2n) is 3.70. The molecular weight excluding hydrogens is 220 g/mol. The van der Waals surface area contributed by atoms with Crippen molar-refractivity contribution in [2.75, 3.05) is 0 Å². The van der Waals surface area contributed by atoms with Crippen LogP contribution in [-0.4, -0.2) is 15.3 Å². The van der Waals surface area contributed by atoms with Gasteiger partial charge in [-0.25, -0.2) is 4.98 Å². The molecule has 0 unspecified atom stereocenters. The van der Waals surface area contributed by atoms with E-state index in [0.29, 0.717) is 6.42 Å². The number of Topliss-reactive ketones (excluding diaryl/α,β-unsaturated/α-hetero) is 1. The van der Waals surface area contributed by atoms with Gasteiger partial charge in [-0.3, -0.25) is 4.79 Å². The summed E-state index contributed by atoms with van der Waals surface area (Å²) < 4.78 is 2.00. The van der Waals surface area contributed by atoms with Gasteiger partial charge >= 0.3 is 0 Å². The predicted octanol–water partition coefficient (Wildman–Crippen LogP) is 2.70. The summed E-state index contributed by atoms with van der Waals surface area (Å²) in [7, 11) is 0. The number of hydrogen-bond donors (Lipinski definition) is 0. The number of aromatic nitrogens is 2. The van der Waals surface area contributed by atoms with E-state index in [-0.39, 0.29) is 5.78 Å². The number of carbonyl (C=O) groups excluding carboxylic acids is 1. The maximum Gasteiger partial charge on any atom is 0.171 e. The van der Waals surface area contributed by atoms with Gasteiger partial charge in [-0.1, -0.05) is 0 Å². The van der Waals surface area contributed by atoms with E-state index in [1.54, 1.807) is 17.5 Å². The molecule has 4 heteroatoms. The smallest absolute Gasteiger partial charge is 0.171 e. The molecule has 3 nitrogen and oxygen atoms in total. The summed E-state index contributed by atoms with van der Waals surface area (Å²) in [5.74, 6) is 0.998. The Labute approximate surface area is 98.8 Å². The van der Waals surface area contributed by atoms with Crippen LogP contribution in [0.2, 0.25) is 0 Å². The van der Waals surface area contributed by atoms with Gasteiger partial charge < -0.3 is 4.57 Å². The highest BCUT2D eigenvalue weighted by Crippen LogP contribution is 2.16. The van der Waals surface area contributed by atoms with Crippen LogP contribution in [0.1, 0.15) is 28.7 Å². The molecule has 2 aromatic rings. The first kappa shape index (κ1) is 11.1. The molecule has 0 aromatic carbocycles. The summed E-state index contributed by atoms with van der Waals surface area (Å²) in [4.78, 5) is 16.2. The van der Waals surface area contributed by atoms with E-state index in [0.717, 1.165) is 23.5 Å². The second-order valence-corrected chi connectivity index (χ2v) is 4.44. The van der Waals surface area contributed by atoms with E-state index in [1.807, 2.05) is 35.4 Å². The Morgan fingerprint density at radius 1 is 1.50 bits per heavy atom. The lowest BCUT2D eigenvalue weighted by molar-refractivity contribution is 0.0989. The molecule has 0 aliphatic rings. The number of nitrogens with zero attached hydrogens (tertiary/aromatic N) is 2. The molecule has 16 heavy (non-hydrogen) atoms. The van der Waals surface area contributed by atoms with Crippen LogP contribution < -0.4 is 0 Å². The molecule has 0 aliphatic carbocycles. The SMILES string of the molecule is CCn1ccnc1CC(=O)c1cscc1C. The van der Waals surface area contributed by atoms with Crippen molar-refractivity contribution in [3.8, 4) is 0 Å². The standard InChI is InChI=1S/C12H14N2OS/c1-3-14-5-4-13-12(14)6-11(15)10-8-16-7-9(10)2/h4-5,7-8H,3,6H2,1-2H3. The molecule has 2 heterocycles. The zero-order chi connectivity index (χ0) is 11.5. The van der Waals surface area contributed by atoms with Crippen molar-refractivity contribution in [1.29, 1.82) is 0 Å². The number of thiophene rings is 1. The normalized spacial score (nSPS) is 10.6. The van der Waals surface area contributed by atoms with Gasteiger partial charge in [0.2, 0.25) is 0 Å². The number of hydrogen-bond acceptors (Lipinski definition) is 3. The van der Waals surface area contributed by atoms with Gasteiger partial charge in [0.15, 0.2) is 5.78 Å². The van der Waals surface area contributed by atoms with Gasteiger partial charge in [-0.05, 0) is 24.8 Å². The van der Waals surface area contributed by atoms with E-state index in [9.17, 15) is 4.79 Å². The Bertz CT molecular complexity index is 499. The summed E-state index contributed by atoms with van der Waals surface area (Å²) in [5.41, 5.74) is 1.89. The third-order valence-electron chi connectivity index (χ3n) is 2.62. The highest BCUT2D eigenvalue weighted by atomic mass is 32.1. The summed E-state index contributed by atoms with van der Waals surface area (Å²) in [5, 5.41) is 3.91. The molecule has 0 bridgehead atoms. The Kier molecular flexibility index (Phi) is 3.19. The average Bonchev–Trinajstić information content (AvgIpc) is 2.86. The Hall–Kier alpha value is -1.42. The van der Waals surface area contributed by atoms with Gasteiger partial charge in [0.05, 0.1) is 6.42 Å². The molecule has 0 fully saturated rings. The molecule has 0 saturated heterocycles. The van der Waals surface area contributed by atoms with E-state index in [1.165, 1.54) is 0 Å². The Balaban J connectivity index is 2.17. The molecular formula is C12H14N2OS. The van der Waals surface area contributed by atoms with Gasteiger partial charge in [-0.2, -0.15) is 11.3 Å². The molecule has 0 saturated carbocycles. The van der Waals surface area contributed by atoms with E-state index in [4.69, 9.17) is 0 Å². The number of ketones is 1. The molecule has 0 aliphatic heterocycles. The highest BCUT2D eigenvalue weighted by Gasteiger charge is 2.13. The predicted molar refractivity (Wildman–Crippen MR) is 65.0 cm³/mol. The maximum atomic E-state index is 12.0. The van der Waals surface area contributed by atoms with Crippen LogP contribution in [-0.2, 0) is 13.0 Å². The fraction of sp³-hybridized carbons (Fsp3) is 0.333. The fourth-order valence-electron chi connectivity index (χ4n) is 1.68. The van der Waals surface area contributed by atoms with Crippen molar-refractivity contribution in [1.82, 2.24) is 9.55 Å². The summed E-state index contributed by atoms with van der Waals surface area (Å²) in [6, 6.07) is 0. The van der Waals surface area contributed by atoms with Crippen LogP contribution in [0.5, 0.6) is 0 Å². The second kappa shape index (κ2) is 4.61. The van der Waals surface area contributed by atoms with Crippen LogP contribution in [0.3, 0.4) is 0 Å². The van der Waals surface area contributed by atoms with Crippen molar-refractivity contribution in [3.63, 3.8) is 0 Å². The van der Waals surface area contributed by atoms with Crippen LogP contribution in [0.4, 0.5) is 0 Å². The van der Waals surface area contributed by atoms with Crippen molar-refractivity contribution >= 4 is 17.1 Å². The monoisotopic (exact) mass is 234 g/mol. The quantitative estimate of drug-likeness (QED) is 0.762. The largest absolute Gasteiger partial charge is 0.335 e.